The van der Waals surface area contributed by atoms with Gasteiger partial charge in [-0.1, -0.05) is 12.1 Å². The van der Waals surface area contributed by atoms with Gasteiger partial charge in [0.15, 0.2) is 0 Å². The lowest BCUT2D eigenvalue weighted by Gasteiger charge is -1.97. The number of hydrogen-bond acceptors (Lipinski definition) is 1. The summed E-state index contributed by atoms with van der Waals surface area (Å²) in [4.78, 5) is 0. The molecule has 12 heavy (non-hydrogen) atoms. The first-order valence-corrected chi connectivity index (χ1v) is 3.77. The van der Waals surface area contributed by atoms with Gasteiger partial charge in [0.25, 0.3) is 0 Å². The number of hydrogen-bond donors (Lipinski definition) is 0. The first-order chi connectivity index (χ1) is 5.97. The van der Waals surface area contributed by atoms with Crippen molar-refractivity contribution >= 4 is 0 Å². The van der Waals surface area contributed by atoms with E-state index in [-0.39, 0.29) is 0 Å². The summed E-state index contributed by atoms with van der Waals surface area (Å²) in [6.07, 6.45) is 7.51. The van der Waals surface area contributed by atoms with Crippen LogP contribution >= 0.6 is 0 Å². The zero-order chi connectivity index (χ0) is 8.23. The van der Waals surface area contributed by atoms with Crippen molar-refractivity contribution in [2.24, 2.45) is 0 Å². The van der Waals surface area contributed by atoms with Crippen LogP contribution in [-0.4, -0.2) is 14.2 Å². The first kappa shape index (κ1) is 6.91. The van der Waals surface area contributed by atoms with Gasteiger partial charge in [-0.2, -0.15) is 9.73 Å². The molecule has 0 unspecified atom stereocenters. The van der Waals surface area contributed by atoms with Crippen LogP contribution in [0.3, 0.4) is 0 Å². The van der Waals surface area contributed by atoms with E-state index >= 15 is 0 Å². The quantitative estimate of drug-likeness (QED) is 0.571. The number of aromatic nitrogens is 3. The van der Waals surface area contributed by atoms with Crippen LogP contribution in [0.4, 0.5) is 0 Å². The Morgan fingerprint density at radius 1 is 0.750 bits per heavy atom. The van der Waals surface area contributed by atoms with Crippen molar-refractivity contribution in [3.8, 4) is 0 Å². The highest BCUT2D eigenvalue weighted by Gasteiger charge is 1.78. The van der Waals surface area contributed by atoms with E-state index in [4.69, 9.17) is 0 Å². The van der Waals surface area contributed by atoms with E-state index in [1.807, 2.05) is 53.4 Å². The fraction of sp³-hybridized carbons (Fsp3) is 0. The van der Waals surface area contributed by atoms with Gasteiger partial charge < -0.3 is 0 Å². The lowest BCUT2D eigenvalue weighted by atomic mass is 10.5. The van der Waals surface area contributed by atoms with Gasteiger partial charge in [0.05, 0.1) is 6.20 Å². The standard InChI is InChI=1S/C9H9N3/c1-2-4-9-12-10-6-5-8-11(12)7-3-1/h1-9H. The first-order valence-electron chi connectivity index (χ1n) is 3.77. The zero-order valence-corrected chi connectivity index (χ0v) is 6.54. The minimum atomic E-state index is 1.75. The molecule has 2 aromatic heterocycles. The van der Waals surface area contributed by atoms with E-state index in [1.165, 1.54) is 0 Å². The van der Waals surface area contributed by atoms with E-state index in [1.54, 1.807) is 10.8 Å². The second kappa shape index (κ2) is 3.09. The molecule has 0 amide bonds. The van der Waals surface area contributed by atoms with Gasteiger partial charge in [-0.25, -0.2) is 4.52 Å². The molecular weight excluding hydrogens is 150 g/mol. The monoisotopic (exact) mass is 159 g/mol. The minimum absolute atomic E-state index is 1.75. The molecule has 2 rings (SSSR count). The molecule has 0 aromatic carbocycles. The summed E-state index contributed by atoms with van der Waals surface area (Å²) >= 11 is 0. The Morgan fingerprint density at radius 2 is 1.50 bits per heavy atom. The summed E-state index contributed by atoms with van der Waals surface area (Å²) in [5.41, 5.74) is 0. The zero-order valence-electron chi connectivity index (χ0n) is 6.54. The normalized spacial score (nSPS) is 9.67. The van der Waals surface area contributed by atoms with Crippen LogP contribution in [0.15, 0.2) is 55.1 Å². The predicted molar refractivity (Wildman–Crippen MR) is 46.3 cm³/mol. The second-order valence-corrected chi connectivity index (χ2v) is 2.37. The van der Waals surface area contributed by atoms with Crippen molar-refractivity contribution in [3.05, 3.63) is 55.1 Å². The van der Waals surface area contributed by atoms with Gasteiger partial charge in [-0.3, -0.25) is 0 Å². The third-order valence-electron chi connectivity index (χ3n) is 1.54. The van der Waals surface area contributed by atoms with E-state index < -0.39 is 0 Å². The molecule has 0 spiro atoms. The Bertz CT molecular complexity index is 372. The molecule has 0 aliphatic heterocycles. The Labute approximate surface area is 70.2 Å². The number of fused-ring (bicyclic) bond motifs is 1. The molecule has 0 bridgehead atoms. The summed E-state index contributed by atoms with van der Waals surface area (Å²) in [6, 6.07) is 9.72. The summed E-state index contributed by atoms with van der Waals surface area (Å²) in [7, 11) is 0. The van der Waals surface area contributed by atoms with Gasteiger partial charge in [0.1, 0.15) is 0 Å². The van der Waals surface area contributed by atoms with Crippen molar-refractivity contribution < 1.29 is 0 Å². The Balaban J connectivity index is 2.83. The molecule has 0 atom stereocenters. The lowest BCUT2D eigenvalue weighted by Crippen LogP contribution is -2.00. The molecule has 2 aromatic rings. The van der Waals surface area contributed by atoms with E-state index in [0.717, 1.165) is 0 Å². The second-order valence-electron chi connectivity index (χ2n) is 2.37. The minimum Gasteiger partial charge on any atom is -0.248 e. The van der Waals surface area contributed by atoms with Gasteiger partial charge in [-0.15, -0.1) is 0 Å². The largest absolute Gasteiger partial charge is 0.248 e. The number of rotatable bonds is 0. The molecule has 0 saturated carbocycles. The van der Waals surface area contributed by atoms with Crippen LogP contribution in [0.2, 0.25) is 0 Å². The Kier molecular flexibility index (Phi) is 1.78. The predicted octanol–water partition coefficient (Wildman–Crippen LogP) is 1.56. The average molecular weight is 159 g/mol. The van der Waals surface area contributed by atoms with Crippen molar-refractivity contribution in [2.75, 3.05) is 0 Å². The highest BCUT2D eigenvalue weighted by Crippen LogP contribution is 1.84. The molecule has 0 aliphatic carbocycles. The molecule has 3 heteroatoms. The van der Waals surface area contributed by atoms with Gasteiger partial charge in [-0.05, 0) is 18.2 Å². The van der Waals surface area contributed by atoms with Crippen molar-refractivity contribution in [1.29, 1.82) is 0 Å². The number of nitrogens with zero attached hydrogens (tertiary/aromatic N) is 3. The fourth-order valence-corrected chi connectivity index (χ4v) is 0.988. The maximum atomic E-state index is 4.13. The third kappa shape index (κ3) is 1.29. The molecule has 60 valence electrons. The van der Waals surface area contributed by atoms with Gasteiger partial charge >= 0.3 is 0 Å². The van der Waals surface area contributed by atoms with E-state index in [0.29, 0.717) is 0 Å². The highest BCUT2D eigenvalue weighted by molar-refractivity contribution is 4.91. The Hall–Kier alpha value is -1.77. The maximum absolute atomic E-state index is 4.13. The maximum Gasteiger partial charge on any atom is 0.0510 e. The topological polar surface area (TPSA) is 21.7 Å². The van der Waals surface area contributed by atoms with Crippen LogP contribution in [0.5, 0.6) is 0 Å². The van der Waals surface area contributed by atoms with Crippen LogP contribution < -0.4 is 0 Å². The lowest BCUT2D eigenvalue weighted by molar-refractivity contribution is 0.674. The Morgan fingerprint density at radius 3 is 2.42 bits per heavy atom. The molecule has 0 aliphatic rings. The molecule has 0 saturated heterocycles. The van der Waals surface area contributed by atoms with Crippen LogP contribution in [0.1, 0.15) is 0 Å². The molecule has 0 fully saturated rings. The van der Waals surface area contributed by atoms with Gasteiger partial charge in [0, 0.05) is 18.6 Å². The average Bonchev–Trinajstić information content (AvgIpc) is 2.06. The van der Waals surface area contributed by atoms with Crippen LogP contribution in [-0.2, 0) is 0 Å². The molecular formula is C9H9N3. The highest BCUT2D eigenvalue weighted by atomic mass is 15.4. The summed E-state index contributed by atoms with van der Waals surface area (Å²) in [6.45, 7) is 0. The smallest absolute Gasteiger partial charge is 0.0510 e. The summed E-state index contributed by atoms with van der Waals surface area (Å²) < 4.78 is 3.64. The van der Waals surface area contributed by atoms with Crippen molar-refractivity contribution in [3.63, 3.8) is 0 Å². The molecule has 3 nitrogen and oxygen atoms in total. The summed E-state index contributed by atoms with van der Waals surface area (Å²) in [5, 5.41) is 4.13. The van der Waals surface area contributed by atoms with Crippen molar-refractivity contribution in [2.45, 2.75) is 0 Å². The van der Waals surface area contributed by atoms with Crippen LogP contribution in [0, 0.1) is 0 Å². The van der Waals surface area contributed by atoms with E-state index in [9.17, 15) is 0 Å². The van der Waals surface area contributed by atoms with E-state index in [2.05, 4.69) is 5.10 Å². The summed E-state index contributed by atoms with van der Waals surface area (Å²) in [5.74, 6) is 0. The molecule has 2 heterocycles. The fourth-order valence-electron chi connectivity index (χ4n) is 0.988. The molecule has 0 radical (unpaired) electrons. The SMILES string of the molecule is c1cccn2ncccn2cc1. The van der Waals surface area contributed by atoms with Gasteiger partial charge in [0.2, 0.25) is 0 Å². The molecule has 0 N–H and O–H groups in total. The third-order valence-corrected chi connectivity index (χ3v) is 1.54. The van der Waals surface area contributed by atoms with Crippen LogP contribution in [0.25, 0.3) is 0 Å². The van der Waals surface area contributed by atoms with Crippen molar-refractivity contribution in [1.82, 2.24) is 14.2 Å².